The van der Waals surface area contributed by atoms with Crippen LogP contribution in [0.5, 0.6) is 0 Å². The number of fused-ring (bicyclic) bond motifs is 2. The van der Waals surface area contributed by atoms with Gasteiger partial charge in [-0.05, 0) is 50.0 Å². The molecule has 0 aliphatic rings. The summed E-state index contributed by atoms with van der Waals surface area (Å²) in [6.07, 6.45) is 8.38. The van der Waals surface area contributed by atoms with E-state index < -0.39 is 20.8 Å². The van der Waals surface area contributed by atoms with E-state index >= 15 is 0 Å². The Morgan fingerprint density at radius 2 is 0.857 bits per heavy atom. The van der Waals surface area contributed by atoms with Crippen LogP contribution < -0.4 is 0 Å². The van der Waals surface area contributed by atoms with Gasteiger partial charge in [0.25, 0.3) is 0 Å². The Bertz CT molecular complexity index is 1400. The summed E-state index contributed by atoms with van der Waals surface area (Å²) in [4.78, 5) is 0. The Labute approximate surface area is 226 Å². The fourth-order valence-corrected chi connectivity index (χ4v) is 4.69. The molecular weight excluding hydrogens is 550 g/mol. The van der Waals surface area contributed by atoms with Crippen molar-refractivity contribution in [3.63, 3.8) is 0 Å². The van der Waals surface area contributed by atoms with Crippen LogP contribution in [-0.2, 0) is 20.8 Å². The molecule has 0 atom stereocenters. The summed E-state index contributed by atoms with van der Waals surface area (Å²) < 4.78 is 4.35. The molecule has 0 bridgehead atoms. The van der Waals surface area contributed by atoms with Crippen molar-refractivity contribution in [1.82, 2.24) is 9.13 Å². The normalized spacial score (nSPS) is 10.5. The second kappa shape index (κ2) is 11.6. The van der Waals surface area contributed by atoms with Crippen LogP contribution in [0, 0.1) is 27.7 Å². The molecule has 0 fully saturated rings. The van der Waals surface area contributed by atoms with Crippen molar-refractivity contribution < 1.29 is 20.8 Å². The summed E-state index contributed by atoms with van der Waals surface area (Å²) in [5.41, 5.74) is 7.93. The van der Waals surface area contributed by atoms with Gasteiger partial charge in [-0.25, -0.2) is 0 Å². The first-order valence-electron chi connectivity index (χ1n) is 11.5. The van der Waals surface area contributed by atoms with E-state index in [0.717, 1.165) is 0 Å². The number of halogens is 2. The van der Waals surface area contributed by atoms with E-state index in [0.29, 0.717) is 0 Å². The van der Waals surface area contributed by atoms with Crippen molar-refractivity contribution in [3.8, 4) is 11.4 Å². The van der Waals surface area contributed by atoms with Gasteiger partial charge in [0.15, 0.2) is 0 Å². The summed E-state index contributed by atoms with van der Waals surface area (Å²) >= 11 is -0.826. The van der Waals surface area contributed by atoms with Crippen LogP contribution in [0.15, 0.2) is 97.6 Å². The molecule has 2 heterocycles. The van der Waals surface area contributed by atoms with Crippen molar-refractivity contribution >= 4 is 38.6 Å². The van der Waals surface area contributed by atoms with Gasteiger partial charge in [0, 0.05) is 0 Å². The first kappa shape index (κ1) is 25.8. The maximum atomic E-state index is 4.93. The molecule has 0 N–H and O–H groups in total. The number of benzene rings is 2. The molecule has 2 nitrogen and oxygen atoms in total. The van der Waals surface area contributed by atoms with Crippen LogP contribution in [0.4, 0.5) is 0 Å². The Balaban J connectivity index is 0.000000149. The standard InChI is InChI=1S/2C15H14N.2ClH.Zr/c2*1-11-5-6-12(2)15-13(11)7-8-14(15)16-9-3-4-10-16;;;/h2*3-10H,1-2H3;2*1H;/q2*-1;;;+4/p-2. The zero-order valence-corrected chi connectivity index (χ0v) is 24.4. The van der Waals surface area contributed by atoms with E-state index in [2.05, 4.69) is 134 Å². The summed E-state index contributed by atoms with van der Waals surface area (Å²) in [7, 11) is 9.87. The van der Waals surface area contributed by atoms with E-state index in [-0.39, 0.29) is 0 Å². The average Bonchev–Trinajstić information content (AvgIpc) is 3.64. The number of aromatic nitrogens is 2. The summed E-state index contributed by atoms with van der Waals surface area (Å²) in [5, 5.41) is 5.47. The number of aryl methyl sites for hydroxylation is 4. The number of hydrogen-bond acceptors (Lipinski definition) is 0. The Morgan fingerprint density at radius 3 is 1.20 bits per heavy atom. The number of nitrogens with zero attached hydrogens (tertiary/aromatic N) is 2. The summed E-state index contributed by atoms with van der Waals surface area (Å²) in [6.45, 7) is 8.69. The Hall–Kier alpha value is -2.32. The third-order valence-corrected chi connectivity index (χ3v) is 6.44. The summed E-state index contributed by atoms with van der Waals surface area (Å²) in [5.74, 6) is 0. The molecule has 6 rings (SSSR count). The SMILES string of the molecule is Cc1ccc(C)c2c1cc[c-]2-n1cccc1.Cc1ccc(C)c2c1cc[c-]2-n1cccc1.[Cl][Zr+2][Cl]. The van der Waals surface area contributed by atoms with Gasteiger partial charge in [0.2, 0.25) is 0 Å². The van der Waals surface area contributed by atoms with Gasteiger partial charge in [-0.2, -0.15) is 0 Å². The predicted octanol–water partition coefficient (Wildman–Crippen LogP) is 9.31. The zero-order valence-electron chi connectivity index (χ0n) is 20.4. The minimum absolute atomic E-state index is 0.826. The third kappa shape index (κ3) is 5.43. The molecule has 0 unspecified atom stereocenters. The molecule has 0 aliphatic carbocycles. The molecule has 0 radical (unpaired) electrons. The van der Waals surface area contributed by atoms with Crippen molar-refractivity contribution in [1.29, 1.82) is 0 Å². The van der Waals surface area contributed by atoms with Crippen LogP contribution >= 0.6 is 17.0 Å². The van der Waals surface area contributed by atoms with Gasteiger partial charge in [0.05, 0.1) is 0 Å². The van der Waals surface area contributed by atoms with Crippen LogP contribution in [-0.4, -0.2) is 9.13 Å². The molecule has 5 heteroatoms. The molecule has 0 spiro atoms. The molecule has 176 valence electrons. The average molecular weight is 579 g/mol. The molecule has 6 aromatic rings. The van der Waals surface area contributed by atoms with E-state index in [4.69, 9.17) is 17.0 Å². The molecule has 0 amide bonds. The van der Waals surface area contributed by atoms with E-state index in [1.807, 2.05) is 0 Å². The predicted molar refractivity (Wildman–Crippen MR) is 148 cm³/mol. The fourth-order valence-electron chi connectivity index (χ4n) is 4.69. The van der Waals surface area contributed by atoms with Gasteiger partial charge < -0.3 is 9.13 Å². The molecule has 35 heavy (non-hydrogen) atoms. The molecule has 0 saturated heterocycles. The van der Waals surface area contributed by atoms with Gasteiger partial charge in [-0.15, -0.1) is 12.1 Å². The molecular formula is C30H28Cl2N2Zr. The van der Waals surface area contributed by atoms with Crippen molar-refractivity contribution in [2.24, 2.45) is 0 Å². The van der Waals surface area contributed by atoms with Gasteiger partial charge in [-0.1, -0.05) is 118 Å². The van der Waals surface area contributed by atoms with E-state index in [9.17, 15) is 0 Å². The van der Waals surface area contributed by atoms with Crippen molar-refractivity contribution in [2.45, 2.75) is 27.7 Å². The van der Waals surface area contributed by atoms with E-state index in [1.54, 1.807) is 0 Å². The quantitative estimate of drug-likeness (QED) is 0.181. The third-order valence-electron chi connectivity index (χ3n) is 6.44. The first-order chi connectivity index (χ1) is 17.0. The van der Waals surface area contributed by atoms with Crippen LogP contribution in [0.3, 0.4) is 0 Å². The second-order valence-electron chi connectivity index (χ2n) is 8.67. The second-order valence-corrected chi connectivity index (χ2v) is 12.4. The van der Waals surface area contributed by atoms with Gasteiger partial charge in [0.1, 0.15) is 0 Å². The van der Waals surface area contributed by atoms with Crippen LogP contribution in [0.25, 0.3) is 32.9 Å². The minimum atomic E-state index is -0.826. The van der Waals surface area contributed by atoms with Crippen LogP contribution in [0.2, 0.25) is 0 Å². The van der Waals surface area contributed by atoms with Crippen molar-refractivity contribution in [3.05, 3.63) is 120 Å². The fraction of sp³-hybridized carbons (Fsp3) is 0.133. The molecule has 4 aromatic carbocycles. The molecule has 2 aromatic heterocycles. The number of hydrogen-bond donors (Lipinski definition) is 0. The van der Waals surface area contributed by atoms with E-state index in [1.165, 1.54) is 55.2 Å². The topological polar surface area (TPSA) is 9.86 Å². The zero-order chi connectivity index (χ0) is 24.9. The molecule has 0 saturated carbocycles. The monoisotopic (exact) mass is 576 g/mol. The first-order valence-corrected chi connectivity index (χ1v) is 17.8. The van der Waals surface area contributed by atoms with Gasteiger partial charge >= 0.3 is 37.9 Å². The number of rotatable bonds is 2. The summed E-state index contributed by atoms with van der Waals surface area (Å²) in [6, 6.07) is 25.8. The Morgan fingerprint density at radius 1 is 0.543 bits per heavy atom. The van der Waals surface area contributed by atoms with Crippen LogP contribution in [0.1, 0.15) is 22.3 Å². The van der Waals surface area contributed by atoms with Gasteiger partial charge in [-0.3, -0.25) is 0 Å². The maximum absolute atomic E-state index is 4.93. The Kier molecular flexibility index (Phi) is 8.55. The molecule has 0 aliphatic heterocycles. The van der Waals surface area contributed by atoms with Crippen molar-refractivity contribution in [2.75, 3.05) is 0 Å².